The van der Waals surface area contributed by atoms with E-state index < -0.39 is 5.41 Å². The first-order valence-electron chi connectivity index (χ1n) is 8.06. The van der Waals surface area contributed by atoms with Crippen LogP contribution in [0.1, 0.15) is 46.0 Å². The smallest absolute Gasteiger partial charge is 0.241 e. The van der Waals surface area contributed by atoms with Crippen molar-refractivity contribution in [2.75, 3.05) is 33.7 Å². The molecule has 0 aromatic heterocycles. The fourth-order valence-electron chi connectivity index (χ4n) is 2.98. The Hall–Kier alpha value is -1.10. The molecule has 0 radical (unpaired) electrons. The lowest BCUT2D eigenvalue weighted by Gasteiger charge is -2.40. The molecular weight excluding hydrogens is 266 g/mol. The third-order valence-electron chi connectivity index (χ3n) is 4.68. The molecule has 0 aliphatic heterocycles. The molecule has 1 aliphatic carbocycles. The second-order valence-corrected chi connectivity index (χ2v) is 6.68. The molecule has 5 nitrogen and oxygen atoms in total. The lowest BCUT2D eigenvalue weighted by Crippen LogP contribution is -2.52. The molecule has 2 N–H and O–H groups in total. The van der Waals surface area contributed by atoms with E-state index in [1.807, 2.05) is 6.92 Å². The second-order valence-electron chi connectivity index (χ2n) is 6.68. The van der Waals surface area contributed by atoms with Crippen LogP contribution in [0.15, 0.2) is 0 Å². The van der Waals surface area contributed by atoms with Crippen molar-refractivity contribution < 1.29 is 9.59 Å². The van der Waals surface area contributed by atoms with Gasteiger partial charge in [0.1, 0.15) is 0 Å². The van der Waals surface area contributed by atoms with Crippen LogP contribution in [-0.4, -0.2) is 55.3 Å². The van der Waals surface area contributed by atoms with Gasteiger partial charge in [-0.25, -0.2) is 0 Å². The number of likely N-dealkylation sites (N-methyl/N-ethyl adjacent to an activating group) is 1. The maximum atomic E-state index is 13.0. The van der Waals surface area contributed by atoms with E-state index in [9.17, 15) is 9.59 Å². The molecule has 0 aromatic rings. The van der Waals surface area contributed by atoms with Crippen LogP contribution in [0.5, 0.6) is 0 Å². The van der Waals surface area contributed by atoms with Crippen molar-refractivity contribution >= 4 is 11.8 Å². The second kappa shape index (κ2) is 7.78. The van der Waals surface area contributed by atoms with Gasteiger partial charge >= 0.3 is 0 Å². The zero-order valence-corrected chi connectivity index (χ0v) is 14.0. The van der Waals surface area contributed by atoms with E-state index >= 15 is 0 Å². The Morgan fingerprint density at radius 2 is 1.81 bits per heavy atom. The highest BCUT2D eigenvalue weighted by molar-refractivity contribution is 5.88. The van der Waals surface area contributed by atoms with Gasteiger partial charge in [-0.05, 0) is 38.0 Å². The third kappa shape index (κ3) is 4.43. The molecule has 1 saturated carbocycles. The van der Waals surface area contributed by atoms with Crippen LogP contribution in [0.2, 0.25) is 0 Å². The summed E-state index contributed by atoms with van der Waals surface area (Å²) in [6.07, 6.45) is 4.64. The van der Waals surface area contributed by atoms with Gasteiger partial charge in [-0.1, -0.05) is 13.8 Å². The van der Waals surface area contributed by atoms with Crippen molar-refractivity contribution in [2.45, 2.75) is 46.0 Å². The highest BCUT2D eigenvalue weighted by Crippen LogP contribution is 2.39. The van der Waals surface area contributed by atoms with E-state index in [-0.39, 0.29) is 18.4 Å². The van der Waals surface area contributed by atoms with E-state index in [0.29, 0.717) is 19.0 Å². The van der Waals surface area contributed by atoms with Gasteiger partial charge in [-0.3, -0.25) is 9.59 Å². The van der Waals surface area contributed by atoms with E-state index in [0.717, 1.165) is 32.1 Å². The Bertz CT molecular complexity index is 361. The first-order chi connectivity index (χ1) is 9.86. The molecule has 1 fully saturated rings. The maximum absolute atomic E-state index is 13.0. The van der Waals surface area contributed by atoms with Gasteiger partial charge in [0.05, 0.1) is 12.0 Å². The molecule has 0 saturated heterocycles. The monoisotopic (exact) mass is 297 g/mol. The number of amides is 2. The number of rotatable bonds is 6. The predicted octanol–water partition coefficient (Wildman–Crippen LogP) is 1.47. The largest absolute Gasteiger partial charge is 0.347 e. The fourth-order valence-corrected chi connectivity index (χ4v) is 2.98. The predicted molar refractivity (Wildman–Crippen MR) is 84.7 cm³/mol. The molecule has 0 heterocycles. The van der Waals surface area contributed by atoms with Gasteiger partial charge < -0.3 is 15.5 Å². The minimum atomic E-state index is -0.450. The lowest BCUT2D eigenvalue weighted by atomic mass is 9.70. The third-order valence-corrected chi connectivity index (χ3v) is 4.68. The van der Waals surface area contributed by atoms with Crippen molar-refractivity contribution in [3.63, 3.8) is 0 Å². The number of hydrogen-bond acceptors (Lipinski definition) is 3. The average Bonchev–Trinajstić information content (AvgIpc) is 2.47. The van der Waals surface area contributed by atoms with Crippen molar-refractivity contribution in [3.05, 3.63) is 0 Å². The first-order valence-corrected chi connectivity index (χ1v) is 8.06. The fraction of sp³-hybridized carbons (Fsp3) is 0.875. The van der Waals surface area contributed by atoms with Gasteiger partial charge in [0, 0.05) is 27.2 Å². The van der Waals surface area contributed by atoms with Crippen LogP contribution in [0.25, 0.3) is 0 Å². The zero-order chi connectivity index (χ0) is 16.0. The van der Waals surface area contributed by atoms with Crippen molar-refractivity contribution in [3.8, 4) is 0 Å². The van der Waals surface area contributed by atoms with Crippen LogP contribution < -0.4 is 5.73 Å². The summed E-state index contributed by atoms with van der Waals surface area (Å²) in [5.74, 6) is 0.711. The summed E-state index contributed by atoms with van der Waals surface area (Å²) in [4.78, 5) is 28.2. The van der Waals surface area contributed by atoms with Crippen LogP contribution in [0.4, 0.5) is 0 Å². The summed E-state index contributed by atoms with van der Waals surface area (Å²) in [6.45, 7) is 5.42. The van der Waals surface area contributed by atoms with Crippen LogP contribution in [0, 0.1) is 11.3 Å². The van der Waals surface area contributed by atoms with Crippen molar-refractivity contribution in [1.29, 1.82) is 0 Å². The summed E-state index contributed by atoms with van der Waals surface area (Å²) in [5.41, 5.74) is 5.52. The quantitative estimate of drug-likeness (QED) is 0.807. The molecule has 0 bridgehead atoms. The van der Waals surface area contributed by atoms with E-state index in [4.69, 9.17) is 5.73 Å². The molecule has 0 spiro atoms. The molecule has 1 rings (SSSR count). The number of carbonyl (C=O) groups excluding carboxylic acids is 2. The highest BCUT2D eigenvalue weighted by atomic mass is 16.2. The molecule has 0 unspecified atom stereocenters. The molecule has 5 heteroatoms. The van der Waals surface area contributed by atoms with E-state index in [2.05, 4.69) is 6.92 Å². The molecule has 0 atom stereocenters. The first kappa shape index (κ1) is 18.0. The molecular formula is C16H31N3O2. The Morgan fingerprint density at radius 3 is 2.24 bits per heavy atom. The zero-order valence-electron chi connectivity index (χ0n) is 14.0. The molecule has 1 aliphatic rings. The number of nitrogens with zero attached hydrogens (tertiary/aromatic N) is 2. The number of carbonyl (C=O) groups is 2. The Morgan fingerprint density at radius 1 is 1.24 bits per heavy atom. The maximum Gasteiger partial charge on any atom is 0.241 e. The number of hydrogen-bond donors (Lipinski definition) is 1. The van der Waals surface area contributed by atoms with Gasteiger partial charge in [-0.15, -0.1) is 0 Å². The van der Waals surface area contributed by atoms with Crippen LogP contribution >= 0.6 is 0 Å². The topological polar surface area (TPSA) is 66.6 Å². The molecule has 21 heavy (non-hydrogen) atoms. The van der Waals surface area contributed by atoms with E-state index in [1.165, 1.54) is 4.90 Å². The summed E-state index contributed by atoms with van der Waals surface area (Å²) >= 11 is 0. The van der Waals surface area contributed by atoms with Crippen LogP contribution in [-0.2, 0) is 9.59 Å². The summed E-state index contributed by atoms with van der Waals surface area (Å²) in [5, 5.41) is 0. The summed E-state index contributed by atoms with van der Waals surface area (Å²) in [6, 6.07) is 0. The van der Waals surface area contributed by atoms with Crippen molar-refractivity contribution in [1.82, 2.24) is 9.80 Å². The van der Waals surface area contributed by atoms with Gasteiger partial charge in [0.15, 0.2) is 0 Å². The Balaban J connectivity index is 2.84. The van der Waals surface area contributed by atoms with Crippen LogP contribution in [0.3, 0.4) is 0 Å². The normalized spacial score (nSPS) is 25.5. The van der Waals surface area contributed by atoms with Gasteiger partial charge in [0.25, 0.3) is 0 Å². The van der Waals surface area contributed by atoms with Gasteiger partial charge in [0.2, 0.25) is 11.8 Å². The summed E-state index contributed by atoms with van der Waals surface area (Å²) in [7, 11) is 3.44. The number of nitrogens with two attached hydrogens (primary N) is 1. The Labute approximate surface area is 128 Å². The van der Waals surface area contributed by atoms with E-state index in [1.54, 1.807) is 19.0 Å². The molecule has 122 valence electrons. The average molecular weight is 297 g/mol. The van der Waals surface area contributed by atoms with Crippen molar-refractivity contribution in [2.24, 2.45) is 17.1 Å². The SMILES string of the molecule is CCCN(CC(=O)N(C)C)C(=O)C1(CN)CCC(C)CC1. The Kier molecular flexibility index (Phi) is 6.65. The highest BCUT2D eigenvalue weighted by Gasteiger charge is 2.42. The minimum absolute atomic E-state index is 0.0341. The van der Waals surface area contributed by atoms with Gasteiger partial charge in [-0.2, -0.15) is 0 Å². The minimum Gasteiger partial charge on any atom is -0.347 e. The standard InChI is InChI=1S/C16H31N3O2/c1-5-10-19(11-14(20)18(3)4)15(21)16(12-17)8-6-13(2)7-9-16/h13H,5-12,17H2,1-4H3. The summed E-state index contributed by atoms with van der Waals surface area (Å²) < 4.78 is 0. The molecule has 2 amide bonds. The molecule has 0 aromatic carbocycles. The lowest BCUT2D eigenvalue weighted by molar-refractivity contribution is -0.148.